The van der Waals surface area contributed by atoms with E-state index < -0.39 is 0 Å². The second-order valence-corrected chi connectivity index (χ2v) is 5.89. The summed E-state index contributed by atoms with van der Waals surface area (Å²) in [5.74, 6) is -0.103. The van der Waals surface area contributed by atoms with Crippen molar-refractivity contribution in [2.24, 2.45) is 5.41 Å². The van der Waals surface area contributed by atoms with Crippen LogP contribution in [0.3, 0.4) is 0 Å². The smallest absolute Gasteiger partial charge is 0.272 e. The Morgan fingerprint density at radius 3 is 3.10 bits per heavy atom. The number of nitrogens with one attached hydrogen (secondary N) is 3. The first kappa shape index (κ1) is 13.1. The highest BCUT2D eigenvalue weighted by atomic mass is 16.1. The van der Waals surface area contributed by atoms with Gasteiger partial charge < -0.3 is 10.6 Å². The van der Waals surface area contributed by atoms with Crippen molar-refractivity contribution in [3.63, 3.8) is 0 Å². The molecule has 106 valence electrons. The van der Waals surface area contributed by atoms with Gasteiger partial charge in [-0.15, -0.1) is 0 Å². The predicted octanol–water partition coefficient (Wildman–Crippen LogP) is 1.68. The Labute approximate surface area is 118 Å². The van der Waals surface area contributed by atoms with E-state index in [9.17, 15) is 4.79 Å². The van der Waals surface area contributed by atoms with Crippen LogP contribution in [0.2, 0.25) is 0 Å². The lowest BCUT2D eigenvalue weighted by Gasteiger charge is -2.34. The van der Waals surface area contributed by atoms with E-state index in [1.807, 2.05) is 24.3 Å². The molecule has 1 aromatic heterocycles. The zero-order chi connectivity index (χ0) is 14.0. The SMILES string of the molecule is CC1(CNC(=O)c2n[nH]c3ccccc23)CCCNC1. The third-order valence-corrected chi connectivity index (χ3v) is 4.05. The van der Waals surface area contributed by atoms with Crippen LogP contribution in [-0.4, -0.2) is 35.7 Å². The van der Waals surface area contributed by atoms with E-state index >= 15 is 0 Å². The Kier molecular flexibility index (Phi) is 3.44. The maximum Gasteiger partial charge on any atom is 0.272 e. The average Bonchev–Trinajstić information content (AvgIpc) is 2.90. The summed E-state index contributed by atoms with van der Waals surface area (Å²) in [4.78, 5) is 12.3. The van der Waals surface area contributed by atoms with Crippen LogP contribution in [0.5, 0.6) is 0 Å². The van der Waals surface area contributed by atoms with Crippen LogP contribution in [0.4, 0.5) is 0 Å². The number of para-hydroxylation sites is 1. The lowest BCUT2D eigenvalue weighted by atomic mass is 9.83. The van der Waals surface area contributed by atoms with Gasteiger partial charge in [0.2, 0.25) is 0 Å². The summed E-state index contributed by atoms with van der Waals surface area (Å²) < 4.78 is 0. The second kappa shape index (κ2) is 5.25. The molecule has 5 heteroatoms. The van der Waals surface area contributed by atoms with Gasteiger partial charge in [-0.2, -0.15) is 5.10 Å². The van der Waals surface area contributed by atoms with Crippen LogP contribution < -0.4 is 10.6 Å². The van der Waals surface area contributed by atoms with Crippen LogP contribution >= 0.6 is 0 Å². The van der Waals surface area contributed by atoms with E-state index in [0.29, 0.717) is 12.2 Å². The number of aromatic nitrogens is 2. The molecule has 0 saturated carbocycles. The number of rotatable bonds is 3. The summed E-state index contributed by atoms with van der Waals surface area (Å²) in [6, 6.07) is 7.68. The number of amides is 1. The van der Waals surface area contributed by atoms with Crippen molar-refractivity contribution in [1.29, 1.82) is 0 Å². The van der Waals surface area contributed by atoms with Gasteiger partial charge in [0.05, 0.1) is 5.52 Å². The number of hydrogen-bond donors (Lipinski definition) is 3. The first-order valence-electron chi connectivity index (χ1n) is 7.10. The molecular weight excluding hydrogens is 252 g/mol. The van der Waals surface area contributed by atoms with Gasteiger partial charge in [0, 0.05) is 18.5 Å². The fraction of sp³-hybridized carbons (Fsp3) is 0.467. The summed E-state index contributed by atoms with van der Waals surface area (Å²) in [6.45, 7) is 4.92. The number of nitrogens with zero attached hydrogens (tertiary/aromatic N) is 1. The monoisotopic (exact) mass is 272 g/mol. The summed E-state index contributed by atoms with van der Waals surface area (Å²) in [7, 11) is 0. The molecular formula is C15H20N4O. The van der Waals surface area contributed by atoms with E-state index in [0.717, 1.165) is 36.8 Å². The minimum atomic E-state index is -0.103. The topological polar surface area (TPSA) is 69.8 Å². The van der Waals surface area contributed by atoms with E-state index in [1.54, 1.807) is 0 Å². The fourth-order valence-corrected chi connectivity index (χ4v) is 2.78. The largest absolute Gasteiger partial charge is 0.350 e. The van der Waals surface area contributed by atoms with E-state index in [1.165, 1.54) is 0 Å². The molecule has 1 unspecified atom stereocenters. The van der Waals surface area contributed by atoms with Crippen LogP contribution in [0.25, 0.3) is 10.9 Å². The summed E-state index contributed by atoms with van der Waals surface area (Å²) in [5, 5.41) is 14.3. The molecule has 5 nitrogen and oxygen atoms in total. The summed E-state index contributed by atoms with van der Waals surface area (Å²) in [5.41, 5.74) is 1.51. The predicted molar refractivity (Wildman–Crippen MR) is 78.6 cm³/mol. The van der Waals surface area contributed by atoms with Crippen molar-refractivity contribution in [1.82, 2.24) is 20.8 Å². The molecule has 1 aliphatic heterocycles. The third-order valence-electron chi connectivity index (χ3n) is 4.05. The van der Waals surface area contributed by atoms with Gasteiger partial charge in [-0.25, -0.2) is 0 Å². The number of piperidine rings is 1. The molecule has 2 aromatic rings. The number of aromatic amines is 1. The van der Waals surface area contributed by atoms with Crippen molar-refractivity contribution in [3.05, 3.63) is 30.0 Å². The number of benzene rings is 1. The molecule has 3 rings (SSSR count). The van der Waals surface area contributed by atoms with Crippen molar-refractivity contribution >= 4 is 16.8 Å². The Bertz CT molecular complexity index is 613. The van der Waals surface area contributed by atoms with Gasteiger partial charge in [0.1, 0.15) is 0 Å². The zero-order valence-electron chi connectivity index (χ0n) is 11.7. The number of fused-ring (bicyclic) bond motifs is 1. The van der Waals surface area contributed by atoms with Gasteiger partial charge in [0.15, 0.2) is 5.69 Å². The molecule has 1 fully saturated rings. The fourth-order valence-electron chi connectivity index (χ4n) is 2.78. The molecule has 0 radical (unpaired) electrons. The number of H-pyrrole nitrogens is 1. The first-order chi connectivity index (χ1) is 9.68. The second-order valence-electron chi connectivity index (χ2n) is 5.89. The highest BCUT2D eigenvalue weighted by Gasteiger charge is 2.27. The van der Waals surface area contributed by atoms with Crippen LogP contribution in [0.15, 0.2) is 24.3 Å². The minimum Gasteiger partial charge on any atom is -0.350 e. The van der Waals surface area contributed by atoms with Crippen molar-refractivity contribution in [2.45, 2.75) is 19.8 Å². The Hall–Kier alpha value is -1.88. The highest BCUT2D eigenvalue weighted by molar-refractivity contribution is 6.04. The summed E-state index contributed by atoms with van der Waals surface area (Å²) >= 11 is 0. The van der Waals surface area contributed by atoms with Gasteiger partial charge in [-0.3, -0.25) is 9.89 Å². The highest BCUT2D eigenvalue weighted by Crippen LogP contribution is 2.24. The van der Waals surface area contributed by atoms with Crippen molar-refractivity contribution in [2.75, 3.05) is 19.6 Å². The molecule has 3 N–H and O–H groups in total. The van der Waals surface area contributed by atoms with Crippen molar-refractivity contribution < 1.29 is 4.79 Å². The van der Waals surface area contributed by atoms with Gasteiger partial charge >= 0.3 is 0 Å². The number of carbonyl (C=O) groups excluding carboxylic acids is 1. The zero-order valence-corrected chi connectivity index (χ0v) is 11.7. The van der Waals surface area contributed by atoms with Crippen LogP contribution in [0, 0.1) is 5.41 Å². The Balaban J connectivity index is 1.70. The number of carbonyl (C=O) groups is 1. The molecule has 1 saturated heterocycles. The molecule has 1 aromatic carbocycles. The average molecular weight is 272 g/mol. The van der Waals surface area contributed by atoms with E-state index in [2.05, 4.69) is 27.8 Å². The molecule has 1 atom stereocenters. The maximum atomic E-state index is 12.3. The lowest BCUT2D eigenvalue weighted by molar-refractivity contribution is 0.0921. The quantitative estimate of drug-likeness (QED) is 0.796. The standard InChI is InChI=1S/C15H20N4O/c1-15(7-4-8-16-9-15)10-17-14(20)13-11-5-2-3-6-12(11)18-19-13/h2-3,5-6,16H,4,7-10H2,1H3,(H,17,20)(H,18,19). The van der Waals surface area contributed by atoms with Gasteiger partial charge in [-0.05, 0) is 30.9 Å². The van der Waals surface area contributed by atoms with Crippen LogP contribution in [0.1, 0.15) is 30.3 Å². The Morgan fingerprint density at radius 1 is 1.45 bits per heavy atom. The normalized spacial score (nSPS) is 22.9. The first-order valence-corrected chi connectivity index (χ1v) is 7.10. The van der Waals surface area contributed by atoms with Gasteiger partial charge in [-0.1, -0.05) is 25.1 Å². The Morgan fingerprint density at radius 2 is 2.30 bits per heavy atom. The molecule has 1 amide bonds. The van der Waals surface area contributed by atoms with Crippen molar-refractivity contribution in [3.8, 4) is 0 Å². The molecule has 1 aliphatic rings. The minimum absolute atomic E-state index is 0.103. The molecule has 0 spiro atoms. The molecule has 0 aliphatic carbocycles. The maximum absolute atomic E-state index is 12.3. The van der Waals surface area contributed by atoms with Gasteiger partial charge in [0.25, 0.3) is 5.91 Å². The third kappa shape index (κ3) is 2.54. The van der Waals surface area contributed by atoms with Crippen LogP contribution in [-0.2, 0) is 0 Å². The van der Waals surface area contributed by atoms with E-state index in [4.69, 9.17) is 0 Å². The molecule has 20 heavy (non-hydrogen) atoms. The number of hydrogen-bond acceptors (Lipinski definition) is 3. The van der Waals surface area contributed by atoms with E-state index in [-0.39, 0.29) is 11.3 Å². The molecule has 2 heterocycles. The summed E-state index contributed by atoms with van der Waals surface area (Å²) in [6.07, 6.45) is 2.30. The molecule has 0 bridgehead atoms. The lowest BCUT2D eigenvalue weighted by Crippen LogP contribution is -2.45.